The van der Waals surface area contributed by atoms with Crippen molar-refractivity contribution in [3.05, 3.63) is 64.1 Å². The van der Waals surface area contributed by atoms with E-state index in [9.17, 15) is 22.8 Å². The molecule has 0 saturated heterocycles. The average molecular weight is 409 g/mol. The maximum atomic E-state index is 12.3. The van der Waals surface area contributed by atoms with Crippen LogP contribution in [0.4, 0.5) is 18.9 Å². The van der Waals surface area contributed by atoms with Gasteiger partial charge in [-0.05, 0) is 55.0 Å². The predicted molar refractivity (Wildman–Crippen MR) is 94.5 cm³/mol. The van der Waals surface area contributed by atoms with Gasteiger partial charge in [0.25, 0.3) is 5.91 Å². The Labute approximate surface area is 161 Å². The van der Waals surface area contributed by atoms with E-state index >= 15 is 0 Å². The van der Waals surface area contributed by atoms with Crippen molar-refractivity contribution in [1.29, 1.82) is 0 Å². The van der Waals surface area contributed by atoms with E-state index in [0.717, 1.165) is 16.8 Å². The fourth-order valence-electron chi connectivity index (χ4n) is 2.48. The molecular formula is C18H14F3N3O5. The van der Waals surface area contributed by atoms with Crippen LogP contribution in [0.1, 0.15) is 15.9 Å². The van der Waals surface area contributed by atoms with Gasteiger partial charge >= 0.3 is 18.2 Å². The number of nitrogens with one attached hydrogen (secondary N) is 1. The van der Waals surface area contributed by atoms with Crippen LogP contribution in [0.2, 0.25) is 0 Å². The monoisotopic (exact) mass is 409 g/mol. The molecule has 1 aromatic heterocycles. The number of aryl methyl sites for hydroxylation is 1. The van der Waals surface area contributed by atoms with Gasteiger partial charge in [0.1, 0.15) is 5.75 Å². The third kappa shape index (κ3) is 4.75. The summed E-state index contributed by atoms with van der Waals surface area (Å²) in [6.07, 6.45) is -5.00. The molecule has 0 atom stereocenters. The zero-order valence-electron chi connectivity index (χ0n) is 15.1. The molecule has 29 heavy (non-hydrogen) atoms. The fraction of sp³-hybridized carbons (Fsp3) is 0.167. The van der Waals surface area contributed by atoms with Crippen LogP contribution in [0.25, 0.3) is 5.69 Å². The number of rotatable bonds is 5. The largest absolute Gasteiger partial charge is 0.573 e. The molecule has 0 spiro atoms. The van der Waals surface area contributed by atoms with Gasteiger partial charge in [-0.15, -0.1) is 13.2 Å². The Bertz CT molecular complexity index is 1090. The molecule has 0 fully saturated rings. The number of carbonyl (C=O) groups is 1. The zero-order valence-corrected chi connectivity index (χ0v) is 15.1. The van der Waals surface area contributed by atoms with E-state index in [1.54, 1.807) is 19.1 Å². The summed E-state index contributed by atoms with van der Waals surface area (Å²) in [6, 6.07) is 9.19. The Morgan fingerprint density at radius 3 is 2.41 bits per heavy atom. The van der Waals surface area contributed by atoms with Crippen molar-refractivity contribution < 1.29 is 31.9 Å². The van der Waals surface area contributed by atoms with Crippen molar-refractivity contribution in [2.45, 2.75) is 13.3 Å². The number of methoxy groups -OCH3 is 1. The van der Waals surface area contributed by atoms with Crippen LogP contribution in [0.15, 0.2) is 51.7 Å². The fourth-order valence-corrected chi connectivity index (χ4v) is 2.48. The summed E-state index contributed by atoms with van der Waals surface area (Å²) in [4.78, 5) is 24.1. The lowest BCUT2D eigenvalue weighted by Crippen LogP contribution is -2.17. The van der Waals surface area contributed by atoms with Crippen molar-refractivity contribution in [2.75, 3.05) is 12.4 Å². The molecular weight excluding hydrogens is 395 g/mol. The van der Waals surface area contributed by atoms with Crippen molar-refractivity contribution in [2.24, 2.45) is 0 Å². The quantitative estimate of drug-likeness (QED) is 0.695. The lowest BCUT2D eigenvalue weighted by atomic mass is 10.1. The molecule has 0 radical (unpaired) electrons. The zero-order chi connectivity index (χ0) is 21.2. The van der Waals surface area contributed by atoms with E-state index in [1.807, 2.05) is 0 Å². The first kappa shape index (κ1) is 20.0. The third-order valence-electron chi connectivity index (χ3n) is 3.74. The molecule has 0 saturated carbocycles. The number of hydrogen-bond acceptors (Lipinski definition) is 6. The Balaban J connectivity index is 1.75. The van der Waals surface area contributed by atoms with Gasteiger partial charge in [-0.1, -0.05) is 5.10 Å². The van der Waals surface area contributed by atoms with E-state index in [-0.39, 0.29) is 11.6 Å². The molecule has 3 rings (SSSR count). The first-order chi connectivity index (χ1) is 13.7. The van der Waals surface area contributed by atoms with Crippen molar-refractivity contribution in [1.82, 2.24) is 9.78 Å². The highest BCUT2D eigenvalue weighted by molar-refractivity contribution is 6.04. The van der Waals surface area contributed by atoms with Gasteiger partial charge in [-0.2, -0.15) is 4.68 Å². The minimum absolute atomic E-state index is 0.138. The van der Waals surface area contributed by atoms with Crippen LogP contribution in [-0.2, 0) is 0 Å². The number of nitrogens with zero attached hydrogens (tertiary/aromatic N) is 2. The summed E-state index contributed by atoms with van der Waals surface area (Å²) in [5, 5.41) is 6.49. The van der Waals surface area contributed by atoms with Crippen LogP contribution < -0.4 is 20.5 Å². The van der Waals surface area contributed by atoms with Gasteiger partial charge in [0.15, 0.2) is 0 Å². The van der Waals surface area contributed by atoms with Crippen LogP contribution in [0, 0.1) is 6.92 Å². The predicted octanol–water partition coefficient (Wildman–Crippen LogP) is 3.29. The van der Waals surface area contributed by atoms with Gasteiger partial charge in [0, 0.05) is 11.3 Å². The van der Waals surface area contributed by atoms with Crippen molar-refractivity contribution in [3.8, 4) is 17.5 Å². The number of ether oxygens (including phenoxy) is 2. The second kappa shape index (κ2) is 7.70. The molecule has 0 bridgehead atoms. The summed E-state index contributed by atoms with van der Waals surface area (Å²) in [6.45, 7) is 1.70. The molecule has 11 heteroatoms. The summed E-state index contributed by atoms with van der Waals surface area (Å²) in [7, 11) is 1.31. The maximum absolute atomic E-state index is 12.3. The van der Waals surface area contributed by atoms with Crippen LogP contribution in [-0.4, -0.2) is 29.2 Å². The number of hydrogen-bond donors (Lipinski definition) is 1. The number of alkyl halides is 3. The molecule has 152 valence electrons. The first-order valence-electron chi connectivity index (χ1n) is 8.08. The number of halogens is 3. The van der Waals surface area contributed by atoms with E-state index in [1.165, 1.54) is 25.3 Å². The number of benzene rings is 2. The number of carbonyl (C=O) groups excluding carboxylic acids is 1. The molecule has 3 aromatic rings. The molecule has 2 aromatic carbocycles. The van der Waals surface area contributed by atoms with Crippen LogP contribution >= 0.6 is 0 Å². The Kier molecular flexibility index (Phi) is 5.31. The molecule has 1 amide bonds. The second-order valence-electron chi connectivity index (χ2n) is 5.78. The lowest BCUT2D eigenvalue weighted by Gasteiger charge is -2.10. The lowest BCUT2D eigenvalue weighted by molar-refractivity contribution is -0.274. The highest BCUT2D eigenvalue weighted by atomic mass is 19.4. The Morgan fingerprint density at radius 1 is 1.17 bits per heavy atom. The van der Waals surface area contributed by atoms with E-state index in [2.05, 4.69) is 15.2 Å². The summed E-state index contributed by atoms with van der Waals surface area (Å²) < 4.78 is 50.9. The van der Waals surface area contributed by atoms with Gasteiger partial charge < -0.3 is 19.2 Å². The number of aromatic nitrogens is 2. The summed E-state index contributed by atoms with van der Waals surface area (Å²) in [5.41, 5.74) is 1.58. The van der Waals surface area contributed by atoms with E-state index in [4.69, 9.17) is 9.15 Å². The average Bonchev–Trinajstić information content (AvgIpc) is 3.02. The molecule has 0 aliphatic heterocycles. The highest BCUT2D eigenvalue weighted by Crippen LogP contribution is 2.23. The Hall–Kier alpha value is -3.76. The van der Waals surface area contributed by atoms with Gasteiger partial charge in [0.2, 0.25) is 0 Å². The molecule has 8 nitrogen and oxygen atoms in total. The maximum Gasteiger partial charge on any atom is 0.573 e. The first-order valence-corrected chi connectivity index (χ1v) is 8.08. The molecule has 0 unspecified atom stereocenters. The summed E-state index contributed by atoms with van der Waals surface area (Å²) in [5.74, 6) is -1.69. The third-order valence-corrected chi connectivity index (χ3v) is 3.74. The molecule has 1 N–H and O–H groups in total. The van der Waals surface area contributed by atoms with Gasteiger partial charge in [-0.25, -0.2) is 4.79 Å². The molecule has 0 aliphatic carbocycles. The van der Waals surface area contributed by atoms with Crippen LogP contribution in [0.5, 0.6) is 11.8 Å². The highest BCUT2D eigenvalue weighted by Gasteiger charge is 2.31. The molecule has 1 heterocycles. The minimum Gasteiger partial charge on any atom is -0.452 e. The normalized spacial score (nSPS) is 11.2. The SMILES string of the molecule is COc1nn(-c2ccc(NC(=O)c3ccc(OC(F)(F)F)cc3)cc2C)c(=O)o1. The van der Waals surface area contributed by atoms with E-state index in [0.29, 0.717) is 16.9 Å². The standard InChI is InChI=1S/C18H14F3N3O5/c1-10-9-12(5-8-14(10)24-17(26)28-16(23-24)27-2)22-15(25)11-3-6-13(7-4-11)29-18(19,20)21/h3-9H,1-2H3,(H,22,25). The van der Waals surface area contributed by atoms with Gasteiger partial charge in [-0.3, -0.25) is 4.79 Å². The number of amides is 1. The smallest absolute Gasteiger partial charge is 0.452 e. The Morgan fingerprint density at radius 2 is 1.86 bits per heavy atom. The van der Waals surface area contributed by atoms with Crippen LogP contribution in [0.3, 0.4) is 0 Å². The van der Waals surface area contributed by atoms with Crippen molar-refractivity contribution >= 4 is 11.6 Å². The second-order valence-corrected chi connectivity index (χ2v) is 5.78. The van der Waals surface area contributed by atoms with Gasteiger partial charge in [0.05, 0.1) is 12.8 Å². The topological polar surface area (TPSA) is 95.6 Å². The molecule has 0 aliphatic rings. The minimum atomic E-state index is -4.81. The van der Waals surface area contributed by atoms with E-state index < -0.39 is 23.8 Å². The summed E-state index contributed by atoms with van der Waals surface area (Å²) >= 11 is 0. The van der Waals surface area contributed by atoms with Crippen molar-refractivity contribution in [3.63, 3.8) is 0 Å². The number of anilines is 1.